The molecule has 0 heterocycles. The van der Waals surface area contributed by atoms with Crippen LogP contribution in [0.25, 0.3) is 0 Å². The Morgan fingerprint density at radius 2 is 1.76 bits per heavy atom. The molecule has 1 unspecified atom stereocenters. The van der Waals surface area contributed by atoms with Crippen molar-refractivity contribution in [1.29, 1.82) is 0 Å². The first-order valence-corrected chi connectivity index (χ1v) is 5.95. The third kappa shape index (κ3) is 4.72. The van der Waals surface area contributed by atoms with E-state index in [1.165, 1.54) is 11.1 Å². The molecule has 2 nitrogen and oxygen atoms in total. The van der Waals surface area contributed by atoms with Crippen LogP contribution in [0.4, 0.5) is 0 Å². The molecular formula is C15H22O2. The number of allylic oxidation sites excluding steroid dienone is 1. The number of hydrogen-bond acceptors (Lipinski definition) is 2. The highest BCUT2D eigenvalue weighted by atomic mass is 16.7. The van der Waals surface area contributed by atoms with Crippen molar-refractivity contribution in [2.45, 2.75) is 32.5 Å². The van der Waals surface area contributed by atoms with Gasteiger partial charge in [0.2, 0.25) is 0 Å². The summed E-state index contributed by atoms with van der Waals surface area (Å²) in [7, 11) is 3.34. The maximum atomic E-state index is 5.19. The summed E-state index contributed by atoms with van der Waals surface area (Å²) in [5.41, 5.74) is 2.62. The van der Waals surface area contributed by atoms with E-state index in [4.69, 9.17) is 9.47 Å². The fraction of sp³-hybridized carbons (Fsp3) is 0.467. The lowest BCUT2D eigenvalue weighted by atomic mass is 9.98. The Bertz CT molecular complexity index is 339. The molecular weight excluding hydrogens is 212 g/mol. The first-order chi connectivity index (χ1) is 8.17. The topological polar surface area (TPSA) is 18.5 Å². The summed E-state index contributed by atoms with van der Waals surface area (Å²) in [6.45, 7) is 4.32. The molecule has 0 aromatic heterocycles. The largest absolute Gasteiger partial charge is 0.356 e. The summed E-state index contributed by atoms with van der Waals surface area (Å²) in [6, 6.07) is 10.5. The van der Waals surface area contributed by atoms with Gasteiger partial charge in [-0.25, -0.2) is 0 Å². The van der Waals surface area contributed by atoms with E-state index in [-0.39, 0.29) is 6.29 Å². The van der Waals surface area contributed by atoms with E-state index in [0.717, 1.165) is 6.42 Å². The van der Waals surface area contributed by atoms with Crippen molar-refractivity contribution in [1.82, 2.24) is 0 Å². The lowest BCUT2D eigenvalue weighted by molar-refractivity contribution is -0.100. The molecule has 17 heavy (non-hydrogen) atoms. The molecule has 0 fully saturated rings. The van der Waals surface area contributed by atoms with Crippen LogP contribution in [-0.2, 0) is 9.47 Å². The number of ether oxygens (including phenoxy) is 2. The van der Waals surface area contributed by atoms with Crippen LogP contribution >= 0.6 is 0 Å². The zero-order valence-corrected chi connectivity index (χ0v) is 11.1. The van der Waals surface area contributed by atoms with Crippen molar-refractivity contribution >= 4 is 0 Å². The van der Waals surface area contributed by atoms with Gasteiger partial charge in [0.25, 0.3) is 0 Å². The molecule has 94 valence electrons. The molecule has 0 radical (unpaired) electrons. The zero-order valence-electron chi connectivity index (χ0n) is 11.1. The standard InChI is InChI=1S/C15H22O2/c1-12(11-15(16-3)17-4)10-13(2)14-8-6-5-7-9-14/h5-10,13,15H,11H2,1-4H3. The maximum Gasteiger partial charge on any atom is 0.160 e. The van der Waals surface area contributed by atoms with E-state index in [2.05, 4.69) is 44.2 Å². The molecule has 1 aromatic carbocycles. The Balaban J connectivity index is 2.62. The molecule has 0 saturated heterocycles. The van der Waals surface area contributed by atoms with Gasteiger partial charge in [0.05, 0.1) is 0 Å². The summed E-state index contributed by atoms with van der Waals surface area (Å²) in [6.07, 6.45) is 2.93. The molecule has 1 rings (SSSR count). The predicted molar refractivity (Wildman–Crippen MR) is 71.0 cm³/mol. The minimum atomic E-state index is -0.144. The monoisotopic (exact) mass is 234 g/mol. The first-order valence-electron chi connectivity index (χ1n) is 5.95. The molecule has 2 heteroatoms. The summed E-state index contributed by atoms with van der Waals surface area (Å²) in [5.74, 6) is 0.422. The minimum absolute atomic E-state index is 0.144. The van der Waals surface area contributed by atoms with Gasteiger partial charge in [0, 0.05) is 20.6 Å². The molecule has 0 N–H and O–H groups in total. The van der Waals surface area contributed by atoms with Crippen LogP contribution in [0.3, 0.4) is 0 Å². The van der Waals surface area contributed by atoms with Crippen LogP contribution in [0.1, 0.15) is 31.7 Å². The summed E-state index contributed by atoms with van der Waals surface area (Å²) < 4.78 is 10.4. The number of hydrogen-bond donors (Lipinski definition) is 0. The lowest BCUT2D eigenvalue weighted by Crippen LogP contribution is -2.13. The Labute approximate surface area is 104 Å². The van der Waals surface area contributed by atoms with Gasteiger partial charge >= 0.3 is 0 Å². The third-order valence-electron chi connectivity index (χ3n) is 2.87. The van der Waals surface area contributed by atoms with Crippen LogP contribution in [0.2, 0.25) is 0 Å². The van der Waals surface area contributed by atoms with Gasteiger partial charge in [0.15, 0.2) is 6.29 Å². The second-order valence-corrected chi connectivity index (χ2v) is 4.32. The second kappa shape index (κ2) is 7.25. The first kappa shape index (κ1) is 13.9. The van der Waals surface area contributed by atoms with Gasteiger partial charge in [-0.3, -0.25) is 0 Å². The fourth-order valence-corrected chi connectivity index (χ4v) is 1.87. The molecule has 0 bridgehead atoms. The Morgan fingerprint density at radius 3 is 2.29 bits per heavy atom. The van der Waals surface area contributed by atoms with Gasteiger partial charge < -0.3 is 9.47 Å². The maximum absolute atomic E-state index is 5.19. The van der Waals surface area contributed by atoms with Crippen LogP contribution in [0, 0.1) is 0 Å². The summed E-state index contributed by atoms with van der Waals surface area (Å²) in [4.78, 5) is 0. The van der Waals surface area contributed by atoms with Crippen LogP contribution < -0.4 is 0 Å². The van der Waals surface area contributed by atoms with Gasteiger partial charge in [-0.2, -0.15) is 0 Å². The zero-order chi connectivity index (χ0) is 12.7. The van der Waals surface area contributed by atoms with E-state index in [9.17, 15) is 0 Å². The number of benzene rings is 1. The van der Waals surface area contributed by atoms with Gasteiger partial charge in [0.1, 0.15) is 0 Å². The van der Waals surface area contributed by atoms with E-state index in [0.29, 0.717) is 5.92 Å². The van der Waals surface area contributed by atoms with E-state index < -0.39 is 0 Å². The number of methoxy groups -OCH3 is 2. The van der Waals surface area contributed by atoms with Crippen LogP contribution in [0.15, 0.2) is 42.0 Å². The molecule has 0 aliphatic rings. The molecule has 0 saturated carbocycles. The van der Waals surface area contributed by atoms with Crippen molar-refractivity contribution in [2.75, 3.05) is 14.2 Å². The Hall–Kier alpha value is -1.12. The Morgan fingerprint density at radius 1 is 1.18 bits per heavy atom. The molecule has 0 aliphatic heterocycles. The van der Waals surface area contributed by atoms with Crippen molar-refractivity contribution in [3.05, 3.63) is 47.5 Å². The highest BCUT2D eigenvalue weighted by molar-refractivity contribution is 5.24. The van der Waals surface area contributed by atoms with Crippen LogP contribution in [0.5, 0.6) is 0 Å². The van der Waals surface area contributed by atoms with Gasteiger partial charge in [-0.05, 0) is 18.4 Å². The van der Waals surface area contributed by atoms with Crippen molar-refractivity contribution in [2.24, 2.45) is 0 Å². The van der Waals surface area contributed by atoms with E-state index in [1.807, 2.05) is 6.07 Å². The fourth-order valence-electron chi connectivity index (χ4n) is 1.87. The smallest absolute Gasteiger partial charge is 0.160 e. The highest BCUT2D eigenvalue weighted by Crippen LogP contribution is 2.19. The van der Waals surface area contributed by atoms with Crippen molar-refractivity contribution in [3.63, 3.8) is 0 Å². The minimum Gasteiger partial charge on any atom is -0.356 e. The molecule has 1 aromatic rings. The van der Waals surface area contributed by atoms with Gasteiger partial charge in [-0.15, -0.1) is 0 Å². The summed E-state index contributed by atoms with van der Waals surface area (Å²) >= 11 is 0. The average Bonchev–Trinajstić information content (AvgIpc) is 2.37. The SMILES string of the molecule is COC(CC(C)=CC(C)c1ccccc1)OC. The summed E-state index contributed by atoms with van der Waals surface area (Å²) in [5, 5.41) is 0. The number of rotatable bonds is 6. The van der Waals surface area contributed by atoms with Gasteiger partial charge in [-0.1, -0.05) is 48.9 Å². The quantitative estimate of drug-likeness (QED) is 0.551. The molecule has 0 spiro atoms. The van der Waals surface area contributed by atoms with Crippen LogP contribution in [-0.4, -0.2) is 20.5 Å². The highest BCUT2D eigenvalue weighted by Gasteiger charge is 2.07. The van der Waals surface area contributed by atoms with Crippen molar-refractivity contribution in [3.8, 4) is 0 Å². The average molecular weight is 234 g/mol. The normalized spacial score (nSPS) is 14.1. The lowest BCUT2D eigenvalue weighted by Gasteiger charge is -2.15. The Kier molecular flexibility index (Phi) is 5.95. The molecule has 0 aliphatic carbocycles. The second-order valence-electron chi connectivity index (χ2n) is 4.32. The molecule has 0 amide bonds. The molecule has 1 atom stereocenters. The third-order valence-corrected chi connectivity index (χ3v) is 2.87. The predicted octanol–water partition coefficient (Wildman–Crippen LogP) is 3.75. The van der Waals surface area contributed by atoms with Crippen molar-refractivity contribution < 1.29 is 9.47 Å². The van der Waals surface area contributed by atoms with E-state index >= 15 is 0 Å². The van der Waals surface area contributed by atoms with E-state index in [1.54, 1.807) is 14.2 Å².